The third kappa shape index (κ3) is 2.61. The van der Waals surface area contributed by atoms with Gasteiger partial charge in [-0.15, -0.1) is 0 Å². The summed E-state index contributed by atoms with van der Waals surface area (Å²) in [7, 11) is 0. The zero-order valence-electron chi connectivity index (χ0n) is 7.98. The zero-order valence-corrected chi connectivity index (χ0v) is 7.98. The maximum atomic E-state index is 12.8. The normalized spacial score (nSPS) is 25.8. The Hall–Kier alpha value is -0.220. The number of hydrogen-bond donors (Lipinski definition) is 1. The highest BCUT2D eigenvalue weighted by Gasteiger charge is 2.43. The molecule has 0 aromatic rings. The lowest BCUT2D eigenvalue weighted by atomic mass is 9.82. The van der Waals surface area contributed by atoms with E-state index in [0.717, 1.165) is 0 Å². The van der Waals surface area contributed by atoms with Gasteiger partial charge in [0.15, 0.2) is 0 Å². The van der Waals surface area contributed by atoms with Gasteiger partial charge >= 0.3 is 0 Å². The molecule has 1 aliphatic carbocycles. The highest BCUT2D eigenvalue weighted by atomic mass is 19.3. The second-order valence-corrected chi connectivity index (χ2v) is 3.68. The largest absolute Gasteiger partial charge is 0.374 e. The summed E-state index contributed by atoms with van der Waals surface area (Å²) >= 11 is 0. The van der Waals surface area contributed by atoms with Crippen LogP contribution >= 0.6 is 0 Å². The average Bonchev–Trinajstić information content (AvgIpc) is 2.10. The molecule has 4 heteroatoms. The Bertz CT molecular complexity index is 163. The highest BCUT2D eigenvalue weighted by molar-refractivity contribution is 4.91. The number of ether oxygens (including phenoxy) is 1. The van der Waals surface area contributed by atoms with Gasteiger partial charge in [0, 0.05) is 26.0 Å². The summed E-state index contributed by atoms with van der Waals surface area (Å²) in [6.45, 7) is 2.75. The molecule has 0 aromatic carbocycles. The molecule has 0 spiro atoms. The van der Waals surface area contributed by atoms with Crippen LogP contribution in [0, 0.1) is 0 Å². The zero-order chi connectivity index (χ0) is 9.95. The van der Waals surface area contributed by atoms with E-state index < -0.39 is 11.5 Å². The second kappa shape index (κ2) is 3.88. The van der Waals surface area contributed by atoms with E-state index in [9.17, 15) is 8.78 Å². The van der Waals surface area contributed by atoms with Gasteiger partial charge in [-0.1, -0.05) is 0 Å². The maximum Gasteiger partial charge on any atom is 0.248 e. The van der Waals surface area contributed by atoms with Gasteiger partial charge in [-0.3, -0.25) is 0 Å². The summed E-state index contributed by atoms with van der Waals surface area (Å²) in [6.07, 6.45) is 0.573. The Balaban J connectivity index is 2.52. The van der Waals surface area contributed by atoms with E-state index in [1.807, 2.05) is 6.92 Å². The summed E-state index contributed by atoms with van der Waals surface area (Å²) in [5, 5.41) is 0. The van der Waals surface area contributed by atoms with Gasteiger partial charge < -0.3 is 10.5 Å². The molecule has 0 heterocycles. The predicted molar refractivity (Wildman–Crippen MR) is 46.8 cm³/mol. The number of halogens is 2. The first-order chi connectivity index (χ1) is 6.04. The Morgan fingerprint density at radius 3 is 2.15 bits per heavy atom. The molecule has 0 saturated heterocycles. The van der Waals surface area contributed by atoms with E-state index in [1.165, 1.54) is 0 Å². The molecule has 0 atom stereocenters. The van der Waals surface area contributed by atoms with Crippen molar-refractivity contribution in [2.75, 3.05) is 13.2 Å². The summed E-state index contributed by atoms with van der Waals surface area (Å²) in [5.74, 6) is -2.50. The van der Waals surface area contributed by atoms with Crippen molar-refractivity contribution in [3.05, 3.63) is 0 Å². The van der Waals surface area contributed by atoms with Crippen LogP contribution < -0.4 is 5.73 Å². The summed E-state index contributed by atoms with van der Waals surface area (Å²) in [5.41, 5.74) is 5.07. The monoisotopic (exact) mass is 193 g/mol. The van der Waals surface area contributed by atoms with E-state index in [1.54, 1.807) is 0 Å². The molecular formula is C9H17F2NO. The lowest BCUT2D eigenvalue weighted by Crippen LogP contribution is -2.46. The third-order valence-electron chi connectivity index (χ3n) is 2.72. The van der Waals surface area contributed by atoms with Crippen LogP contribution in [0.1, 0.15) is 32.6 Å². The summed E-state index contributed by atoms with van der Waals surface area (Å²) in [4.78, 5) is 0. The molecule has 1 rings (SSSR count). The molecule has 1 fully saturated rings. The molecule has 0 aromatic heterocycles. The van der Waals surface area contributed by atoms with E-state index in [0.29, 0.717) is 26.0 Å². The third-order valence-corrected chi connectivity index (χ3v) is 2.72. The highest BCUT2D eigenvalue weighted by Crippen LogP contribution is 2.39. The van der Waals surface area contributed by atoms with Crippen LogP contribution in [0.25, 0.3) is 0 Å². The van der Waals surface area contributed by atoms with Crippen LogP contribution in [0.3, 0.4) is 0 Å². The quantitative estimate of drug-likeness (QED) is 0.743. The SMILES string of the molecule is CCOC1(CN)CCC(F)(F)CC1. The molecule has 2 nitrogen and oxygen atoms in total. The van der Waals surface area contributed by atoms with Gasteiger partial charge in [0.05, 0.1) is 5.60 Å². The van der Waals surface area contributed by atoms with Gasteiger partial charge in [-0.2, -0.15) is 0 Å². The van der Waals surface area contributed by atoms with Crippen LogP contribution in [-0.4, -0.2) is 24.7 Å². The lowest BCUT2D eigenvalue weighted by molar-refractivity contribution is -0.125. The van der Waals surface area contributed by atoms with Gasteiger partial charge in [-0.05, 0) is 19.8 Å². The van der Waals surface area contributed by atoms with Crippen molar-refractivity contribution < 1.29 is 13.5 Å². The van der Waals surface area contributed by atoms with Crippen LogP contribution in [0.4, 0.5) is 8.78 Å². The van der Waals surface area contributed by atoms with Crippen molar-refractivity contribution in [2.45, 2.75) is 44.1 Å². The minimum Gasteiger partial charge on any atom is -0.374 e. The molecule has 1 aliphatic rings. The van der Waals surface area contributed by atoms with E-state index in [4.69, 9.17) is 10.5 Å². The number of alkyl halides is 2. The molecule has 0 bridgehead atoms. The van der Waals surface area contributed by atoms with Crippen LogP contribution in [0.2, 0.25) is 0 Å². The van der Waals surface area contributed by atoms with Crippen molar-refractivity contribution in [3.8, 4) is 0 Å². The first-order valence-electron chi connectivity index (χ1n) is 4.75. The van der Waals surface area contributed by atoms with Crippen molar-refractivity contribution in [1.82, 2.24) is 0 Å². The fourth-order valence-electron chi connectivity index (χ4n) is 1.78. The Morgan fingerprint density at radius 1 is 1.23 bits per heavy atom. The fraction of sp³-hybridized carbons (Fsp3) is 1.00. The van der Waals surface area contributed by atoms with Crippen molar-refractivity contribution in [2.24, 2.45) is 5.73 Å². The molecule has 1 saturated carbocycles. The standard InChI is InChI=1S/C9H17F2NO/c1-2-13-8(7-12)3-5-9(10,11)6-4-8/h2-7,12H2,1H3. The maximum absolute atomic E-state index is 12.8. The van der Waals surface area contributed by atoms with Gasteiger partial charge in [0.1, 0.15) is 0 Å². The van der Waals surface area contributed by atoms with Gasteiger partial charge in [-0.25, -0.2) is 8.78 Å². The van der Waals surface area contributed by atoms with Crippen LogP contribution in [0.15, 0.2) is 0 Å². The van der Waals surface area contributed by atoms with E-state index in [2.05, 4.69) is 0 Å². The minimum absolute atomic E-state index is 0.0931. The minimum atomic E-state index is -2.50. The molecule has 13 heavy (non-hydrogen) atoms. The molecule has 78 valence electrons. The predicted octanol–water partition coefficient (Wildman–Crippen LogP) is 1.93. The Kier molecular flexibility index (Phi) is 3.24. The summed E-state index contributed by atoms with van der Waals surface area (Å²) in [6, 6.07) is 0. The molecule has 0 aliphatic heterocycles. The summed E-state index contributed by atoms with van der Waals surface area (Å²) < 4.78 is 31.1. The number of nitrogens with two attached hydrogens (primary N) is 1. The Labute approximate surface area is 77.4 Å². The molecular weight excluding hydrogens is 176 g/mol. The van der Waals surface area contributed by atoms with E-state index in [-0.39, 0.29) is 12.8 Å². The lowest BCUT2D eigenvalue weighted by Gasteiger charge is -2.38. The van der Waals surface area contributed by atoms with Crippen molar-refractivity contribution in [1.29, 1.82) is 0 Å². The van der Waals surface area contributed by atoms with Crippen LogP contribution in [-0.2, 0) is 4.74 Å². The smallest absolute Gasteiger partial charge is 0.248 e. The Morgan fingerprint density at radius 2 is 1.77 bits per heavy atom. The molecule has 0 radical (unpaired) electrons. The van der Waals surface area contributed by atoms with Crippen molar-refractivity contribution >= 4 is 0 Å². The first-order valence-corrected chi connectivity index (χ1v) is 4.75. The van der Waals surface area contributed by atoms with Crippen LogP contribution in [0.5, 0.6) is 0 Å². The fourth-order valence-corrected chi connectivity index (χ4v) is 1.78. The molecule has 0 amide bonds. The van der Waals surface area contributed by atoms with Crippen molar-refractivity contribution in [3.63, 3.8) is 0 Å². The van der Waals surface area contributed by atoms with Gasteiger partial charge in [0.25, 0.3) is 0 Å². The molecule has 2 N–H and O–H groups in total. The average molecular weight is 193 g/mol. The number of rotatable bonds is 3. The second-order valence-electron chi connectivity index (χ2n) is 3.68. The van der Waals surface area contributed by atoms with Gasteiger partial charge in [0.2, 0.25) is 5.92 Å². The molecule has 0 unspecified atom stereocenters. The number of hydrogen-bond acceptors (Lipinski definition) is 2. The first kappa shape index (κ1) is 10.9. The topological polar surface area (TPSA) is 35.2 Å². The van der Waals surface area contributed by atoms with E-state index >= 15 is 0 Å².